The molecule has 0 spiro atoms. The van der Waals surface area contributed by atoms with Gasteiger partial charge >= 0.3 is 0 Å². The molecule has 0 bridgehead atoms. The molecule has 0 radical (unpaired) electrons. The number of hydrogen-bond donors (Lipinski definition) is 1. The largest absolute Gasteiger partial charge is 0.396 e. The van der Waals surface area contributed by atoms with Crippen molar-refractivity contribution >= 4 is 11.6 Å². The van der Waals surface area contributed by atoms with Gasteiger partial charge in [0.1, 0.15) is 6.04 Å². The molecular formula is C12H20N4O. The molecule has 1 atom stereocenters. The Balaban J connectivity index is 2.21. The van der Waals surface area contributed by atoms with Gasteiger partial charge in [0.15, 0.2) is 0 Å². The lowest BCUT2D eigenvalue weighted by molar-refractivity contribution is -0.133. The lowest BCUT2D eigenvalue weighted by Crippen LogP contribution is -2.34. The van der Waals surface area contributed by atoms with E-state index in [1.54, 1.807) is 4.68 Å². The molecule has 1 fully saturated rings. The molecule has 1 amide bonds. The Kier molecular flexibility index (Phi) is 3.09. The molecule has 94 valence electrons. The topological polar surface area (TPSA) is 64.2 Å². The third-order valence-corrected chi connectivity index (χ3v) is 3.52. The van der Waals surface area contributed by atoms with Gasteiger partial charge in [0.2, 0.25) is 5.91 Å². The van der Waals surface area contributed by atoms with E-state index in [1.807, 2.05) is 25.7 Å². The van der Waals surface area contributed by atoms with Crippen LogP contribution in [0.4, 0.5) is 5.69 Å². The smallest absolute Gasteiger partial charge is 0.247 e. The first-order valence-corrected chi connectivity index (χ1v) is 6.12. The van der Waals surface area contributed by atoms with Crippen molar-refractivity contribution in [1.82, 2.24) is 14.7 Å². The lowest BCUT2D eigenvalue weighted by Gasteiger charge is -2.21. The highest BCUT2D eigenvalue weighted by Gasteiger charge is 2.26. The Labute approximate surface area is 102 Å². The summed E-state index contributed by atoms with van der Waals surface area (Å²) in [5.41, 5.74) is 8.24. The van der Waals surface area contributed by atoms with E-state index in [1.165, 1.54) is 0 Å². The summed E-state index contributed by atoms with van der Waals surface area (Å²) >= 11 is 0. The molecule has 2 rings (SSSR count). The Hall–Kier alpha value is -1.52. The van der Waals surface area contributed by atoms with Gasteiger partial charge in [-0.05, 0) is 33.6 Å². The number of rotatable bonds is 2. The van der Waals surface area contributed by atoms with Crippen molar-refractivity contribution in [3.8, 4) is 0 Å². The molecule has 1 unspecified atom stereocenters. The quantitative estimate of drug-likeness (QED) is 0.841. The number of nitrogens with zero attached hydrogens (tertiary/aromatic N) is 3. The average Bonchev–Trinajstić information content (AvgIpc) is 2.92. The number of carbonyl (C=O) groups is 1. The van der Waals surface area contributed by atoms with Crippen LogP contribution in [0.2, 0.25) is 0 Å². The maximum atomic E-state index is 12.2. The van der Waals surface area contributed by atoms with Gasteiger partial charge in [-0.1, -0.05) is 0 Å². The van der Waals surface area contributed by atoms with Gasteiger partial charge in [-0.15, -0.1) is 0 Å². The third-order valence-electron chi connectivity index (χ3n) is 3.52. The fourth-order valence-corrected chi connectivity index (χ4v) is 2.36. The van der Waals surface area contributed by atoms with E-state index in [0.29, 0.717) is 5.69 Å². The Morgan fingerprint density at radius 1 is 1.35 bits per heavy atom. The fourth-order valence-electron chi connectivity index (χ4n) is 2.36. The molecule has 5 heteroatoms. The predicted octanol–water partition coefficient (Wildman–Crippen LogP) is 1.27. The fraction of sp³-hybridized carbons (Fsp3) is 0.667. The van der Waals surface area contributed by atoms with Gasteiger partial charge in [-0.3, -0.25) is 9.48 Å². The van der Waals surface area contributed by atoms with Crippen LogP contribution in [0.3, 0.4) is 0 Å². The summed E-state index contributed by atoms with van der Waals surface area (Å²) in [6.45, 7) is 7.41. The SMILES string of the molecule is Cc1nn(C(C)C(=O)N2CCCC2)c(C)c1N. The molecule has 1 aromatic heterocycles. The van der Waals surface area contributed by atoms with Crippen LogP contribution in [0.15, 0.2) is 0 Å². The van der Waals surface area contributed by atoms with Crippen molar-refractivity contribution in [3.05, 3.63) is 11.4 Å². The molecule has 1 aliphatic heterocycles. The zero-order valence-corrected chi connectivity index (χ0v) is 10.7. The Morgan fingerprint density at radius 3 is 2.41 bits per heavy atom. The van der Waals surface area contributed by atoms with E-state index in [2.05, 4.69) is 5.10 Å². The molecule has 2 N–H and O–H groups in total. The highest BCUT2D eigenvalue weighted by Crippen LogP contribution is 2.21. The monoisotopic (exact) mass is 236 g/mol. The van der Waals surface area contributed by atoms with Crippen LogP contribution in [-0.2, 0) is 4.79 Å². The molecule has 1 aromatic rings. The van der Waals surface area contributed by atoms with Gasteiger partial charge < -0.3 is 10.6 Å². The summed E-state index contributed by atoms with van der Waals surface area (Å²) < 4.78 is 1.74. The summed E-state index contributed by atoms with van der Waals surface area (Å²) in [6, 6.07) is -0.260. The normalized spacial score (nSPS) is 17.5. The van der Waals surface area contributed by atoms with Gasteiger partial charge in [0, 0.05) is 13.1 Å². The molecule has 17 heavy (non-hydrogen) atoms. The number of aryl methyl sites for hydroxylation is 1. The van der Waals surface area contributed by atoms with Crippen LogP contribution < -0.4 is 5.73 Å². The van der Waals surface area contributed by atoms with Crippen LogP contribution in [0.5, 0.6) is 0 Å². The van der Waals surface area contributed by atoms with E-state index in [4.69, 9.17) is 5.73 Å². The highest BCUT2D eigenvalue weighted by atomic mass is 16.2. The average molecular weight is 236 g/mol. The summed E-state index contributed by atoms with van der Waals surface area (Å²) in [5.74, 6) is 0.146. The van der Waals surface area contributed by atoms with E-state index in [-0.39, 0.29) is 11.9 Å². The first-order valence-electron chi connectivity index (χ1n) is 6.12. The van der Waals surface area contributed by atoms with E-state index in [9.17, 15) is 4.79 Å². The second kappa shape index (κ2) is 4.39. The van der Waals surface area contributed by atoms with Gasteiger partial charge in [0.25, 0.3) is 0 Å². The van der Waals surface area contributed by atoms with Gasteiger partial charge in [-0.2, -0.15) is 5.10 Å². The van der Waals surface area contributed by atoms with Crippen LogP contribution in [0.25, 0.3) is 0 Å². The minimum atomic E-state index is -0.260. The minimum absolute atomic E-state index is 0.146. The van der Waals surface area contributed by atoms with Crippen molar-refractivity contribution < 1.29 is 4.79 Å². The van der Waals surface area contributed by atoms with Gasteiger partial charge in [-0.25, -0.2) is 0 Å². The number of likely N-dealkylation sites (tertiary alicyclic amines) is 1. The third kappa shape index (κ3) is 2.01. The molecule has 0 saturated carbocycles. The number of aromatic nitrogens is 2. The summed E-state index contributed by atoms with van der Waals surface area (Å²) in [6.07, 6.45) is 2.22. The van der Waals surface area contributed by atoms with Crippen molar-refractivity contribution in [2.24, 2.45) is 0 Å². The van der Waals surface area contributed by atoms with E-state index in [0.717, 1.165) is 37.3 Å². The summed E-state index contributed by atoms with van der Waals surface area (Å²) in [4.78, 5) is 14.2. The lowest BCUT2D eigenvalue weighted by atomic mass is 10.2. The van der Waals surface area contributed by atoms with Crippen LogP contribution in [0.1, 0.15) is 37.2 Å². The van der Waals surface area contributed by atoms with E-state index < -0.39 is 0 Å². The number of amides is 1. The molecular weight excluding hydrogens is 216 g/mol. The van der Waals surface area contributed by atoms with Crippen molar-refractivity contribution in [2.75, 3.05) is 18.8 Å². The maximum Gasteiger partial charge on any atom is 0.247 e. The molecule has 0 aromatic carbocycles. The van der Waals surface area contributed by atoms with Crippen LogP contribution in [0, 0.1) is 13.8 Å². The predicted molar refractivity (Wildman–Crippen MR) is 66.6 cm³/mol. The van der Waals surface area contributed by atoms with Crippen LogP contribution >= 0.6 is 0 Å². The second-order valence-electron chi connectivity index (χ2n) is 4.74. The standard InChI is InChI=1S/C12H20N4O/c1-8-11(13)9(2)16(14-8)10(3)12(17)15-6-4-5-7-15/h10H,4-7,13H2,1-3H3. The number of hydrogen-bond acceptors (Lipinski definition) is 3. The number of nitrogen functional groups attached to an aromatic ring is 1. The number of carbonyl (C=O) groups excluding carboxylic acids is 1. The van der Waals surface area contributed by atoms with Crippen molar-refractivity contribution in [1.29, 1.82) is 0 Å². The molecule has 2 heterocycles. The molecule has 5 nitrogen and oxygen atoms in total. The number of anilines is 1. The van der Waals surface area contributed by atoms with E-state index >= 15 is 0 Å². The number of nitrogens with two attached hydrogens (primary N) is 1. The minimum Gasteiger partial charge on any atom is -0.396 e. The molecule has 0 aliphatic carbocycles. The maximum absolute atomic E-state index is 12.2. The summed E-state index contributed by atoms with van der Waals surface area (Å²) in [5, 5.41) is 4.35. The second-order valence-corrected chi connectivity index (χ2v) is 4.74. The first kappa shape index (κ1) is 12.0. The molecule has 1 aliphatic rings. The van der Waals surface area contributed by atoms with Crippen LogP contribution in [-0.4, -0.2) is 33.7 Å². The first-order chi connectivity index (χ1) is 8.02. The van der Waals surface area contributed by atoms with Crippen molar-refractivity contribution in [2.45, 2.75) is 39.7 Å². The zero-order chi connectivity index (χ0) is 12.6. The Bertz CT molecular complexity index is 432. The Morgan fingerprint density at radius 2 is 1.94 bits per heavy atom. The van der Waals surface area contributed by atoms with Gasteiger partial charge in [0.05, 0.1) is 17.1 Å². The summed E-state index contributed by atoms with van der Waals surface area (Å²) in [7, 11) is 0. The zero-order valence-electron chi connectivity index (χ0n) is 10.7. The molecule has 1 saturated heterocycles. The van der Waals surface area contributed by atoms with Crippen molar-refractivity contribution in [3.63, 3.8) is 0 Å². The highest BCUT2D eigenvalue weighted by molar-refractivity contribution is 5.80.